The van der Waals surface area contributed by atoms with E-state index in [9.17, 15) is 4.79 Å². The van der Waals surface area contributed by atoms with E-state index < -0.39 is 0 Å². The van der Waals surface area contributed by atoms with Crippen LogP contribution in [0.15, 0.2) is 29.4 Å². The standard InChI is InChI=1S/C11H15NO/c1-11(2,3)10(13)7-6-9-5-4-8-12-9/h4,6-8H,5H2,1-3H3/b7-6+. The van der Waals surface area contributed by atoms with E-state index >= 15 is 0 Å². The van der Waals surface area contributed by atoms with E-state index in [0.29, 0.717) is 0 Å². The third kappa shape index (κ3) is 2.98. The lowest BCUT2D eigenvalue weighted by atomic mass is 9.90. The Morgan fingerprint density at radius 2 is 2.23 bits per heavy atom. The molecule has 0 aromatic rings. The summed E-state index contributed by atoms with van der Waals surface area (Å²) in [7, 11) is 0. The molecule has 0 aliphatic carbocycles. The van der Waals surface area contributed by atoms with E-state index in [1.807, 2.05) is 26.8 Å². The number of ketones is 1. The second-order valence-electron chi connectivity index (χ2n) is 4.16. The van der Waals surface area contributed by atoms with Gasteiger partial charge >= 0.3 is 0 Å². The van der Waals surface area contributed by atoms with Crippen molar-refractivity contribution >= 4 is 11.5 Å². The van der Waals surface area contributed by atoms with Gasteiger partial charge in [-0.25, -0.2) is 0 Å². The van der Waals surface area contributed by atoms with Crippen LogP contribution in [0.3, 0.4) is 0 Å². The Kier molecular flexibility index (Phi) is 2.81. The Hall–Kier alpha value is -1.18. The van der Waals surface area contributed by atoms with Gasteiger partial charge in [-0.1, -0.05) is 26.8 Å². The molecule has 2 nitrogen and oxygen atoms in total. The second kappa shape index (κ2) is 3.69. The Bertz CT molecular complexity index is 290. The van der Waals surface area contributed by atoms with E-state index in [1.165, 1.54) is 0 Å². The fourth-order valence-electron chi connectivity index (χ4n) is 0.908. The van der Waals surface area contributed by atoms with E-state index in [1.54, 1.807) is 18.4 Å². The lowest BCUT2D eigenvalue weighted by molar-refractivity contribution is -0.121. The molecule has 70 valence electrons. The number of aliphatic imine (C=N–C) groups is 1. The van der Waals surface area contributed by atoms with Gasteiger partial charge in [0.15, 0.2) is 5.78 Å². The molecule has 0 N–H and O–H groups in total. The van der Waals surface area contributed by atoms with Gasteiger partial charge in [-0.05, 0) is 12.2 Å². The van der Waals surface area contributed by atoms with Crippen molar-refractivity contribution in [1.82, 2.24) is 0 Å². The second-order valence-corrected chi connectivity index (χ2v) is 4.16. The summed E-state index contributed by atoms with van der Waals surface area (Å²) in [6.07, 6.45) is 8.00. The molecule has 0 aromatic carbocycles. The fourth-order valence-corrected chi connectivity index (χ4v) is 0.908. The van der Waals surface area contributed by atoms with Crippen molar-refractivity contribution in [2.75, 3.05) is 0 Å². The van der Waals surface area contributed by atoms with Crippen molar-refractivity contribution in [1.29, 1.82) is 0 Å². The molecule has 1 aliphatic rings. The summed E-state index contributed by atoms with van der Waals surface area (Å²) in [6, 6.07) is 0. The summed E-state index contributed by atoms with van der Waals surface area (Å²) in [5, 5.41) is 0. The SMILES string of the molecule is CC(C)(C)C(=O)/C=C/C1=NC=CC1. The fraction of sp³-hybridized carbons (Fsp3) is 0.455. The molecular formula is C11H15NO. The topological polar surface area (TPSA) is 29.4 Å². The van der Waals surface area contributed by atoms with Crippen LogP contribution in [0.4, 0.5) is 0 Å². The molecule has 1 aliphatic heterocycles. The van der Waals surface area contributed by atoms with Crippen LogP contribution in [-0.4, -0.2) is 11.5 Å². The Morgan fingerprint density at radius 1 is 1.54 bits per heavy atom. The summed E-state index contributed by atoms with van der Waals surface area (Å²) >= 11 is 0. The predicted molar refractivity (Wildman–Crippen MR) is 54.8 cm³/mol. The third-order valence-corrected chi connectivity index (χ3v) is 1.84. The zero-order chi connectivity index (χ0) is 9.90. The first-order valence-electron chi connectivity index (χ1n) is 4.44. The molecule has 0 saturated carbocycles. The average Bonchev–Trinajstić information content (AvgIpc) is 2.50. The van der Waals surface area contributed by atoms with Crippen molar-refractivity contribution < 1.29 is 4.79 Å². The van der Waals surface area contributed by atoms with Crippen molar-refractivity contribution in [2.45, 2.75) is 27.2 Å². The van der Waals surface area contributed by atoms with E-state index in [0.717, 1.165) is 12.1 Å². The van der Waals surface area contributed by atoms with Crippen LogP contribution in [0.5, 0.6) is 0 Å². The normalized spacial score (nSPS) is 16.7. The molecule has 0 unspecified atom stereocenters. The highest BCUT2D eigenvalue weighted by molar-refractivity contribution is 6.04. The maximum Gasteiger partial charge on any atom is 0.161 e. The molecule has 0 fully saturated rings. The van der Waals surface area contributed by atoms with Gasteiger partial charge in [-0.3, -0.25) is 9.79 Å². The minimum atomic E-state index is -0.289. The Balaban J connectivity index is 2.54. The molecule has 0 bridgehead atoms. The Labute approximate surface area is 79.1 Å². The van der Waals surface area contributed by atoms with Crippen molar-refractivity contribution in [3.8, 4) is 0 Å². The van der Waals surface area contributed by atoms with Crippen LogP contribution in [0.1, 0.15) is 27.2 Å². The van der Waals surface area contributed by atoms with Crippen LogP contribution in [-0.2, 0) is 4.79 Å². The number of carbonyl (C=O) groups excluding carboxylic acids is 1. The Morgan fingerprint density at radius 3 is 2.69 bits per heavy atom. The molecule has 0 atom stereocenters. The largest absolute Gasteiger partial charge is 0.294 e. The first kappa shape index (κ1) is 9.90. The molecular weight excluding hydrogens is 162 g/mol. The molecule has 0 saturated heterocycles. The lowest BCUT2D eigenvalue weighted by Crippen LogP contribution is -2.17. The van der Waals surface area contributed by atoms with E-state index in [4.69, 9.17) is 0 Å². The number of rotatable bonds is 2. The molecule has 13 heavy (non-hydrogen) atoms. The van der Waals surface area contributed by atoms with Gasteiger partial charge in [-0.2, -0.15) is 0 Å². The van der Waals surface area contributed by atoms with Gasteiger partial charge in [0.1, 0.15) is 0 Å². The molecule has 1 heterocycles. The van der Waals surface area contributed by atoms with E-state index in [-0.39, 0.29) is 11.2 Å². The van der Waals surface area contributed by atoms with Crippen molar-refractivity contribution in [3.63, 3.8) is 0 Å². The summed E-state index contributed by atoms with van der Waals surface area (Å²) in [5.74, 6) is 0.141. The maximum absolute atomic E-state index is 11.5. The summed E-state index contributed by atoms with van der Waals surface area (Å²) in [5.41, 5.74) is 0.668. The van der Waals surface area contributed by atoms with E-state index in [2.05, 4.69) is 4.99 Å². The third-order valence-electron chi connectivity index (χ3n) is 1.84. The monoisotopic (exact) mass is 177 g/mol. The van der Waals surface area contributed by atoms with Crippen LogP contribution < -0.4 is 0 Å². The van der Waals surface area contributed by atoms with Gasteiger partial charge in [0.25, 0.3) is 0 Å². The number of allylic oxidation sites excluding steroid dienone is 3. The van der Waals surface area contributed by atoms with Gasteiger partial charge < -0.3 is 0 Å². The zero-order valence-corrected chi connectivity index (χ0v) is 8.37. The van der Waals surface area contributed by atoms with Gasteiger partial charge in [0, 0.05) is 23.7 Å². The highest BCUT2D eigenvalue weighted by atomic mass is 16.1. The zero-order valence-electron chi connectivity index (χ0n) is 8.37. The predicted octanol–water partition coefficient (Wildman–Crippen LogP) is 2.52. The number of hydrogen-bond acceptors (Lipinski definition) is 2. The first-order chi connectivity index (χ1) is 6.00. The van der Waals surface area contributed by atoms with Crippen LogP contribution in [0.2, 0.25) is 0 Å². The first-order valence-corrected chi connectivity index (χ1v) is 4.44. The van der Waals surface area contributed by atoms with Crippen LogP contribution in [0, 0.1) is 5.41 Å². The quantitative estimate of drug-likeness (QED) is 0.596. The number of carbonyl (C=O) groups is 1. The molecule has 0 spiro atoms. The average molecular weight is 177 g/mol. The van der Waals surface area contributed by atoms with Gasteiger partial charge in [0.05, 0.1) is 0 Å². The van der Waals surface area contributed by atoms with Crippen molar-refractivity contribution in [2.24, 2.45) is 10.4 Å². The van der Waals surface area contributed by atoms with Crippen LogP contribution in [0.25, 0.3) is 0 Å². The lowest BCUT2D eigenvalue weighted by Gasteiger charge is -2.12. The molecule has 0 aromatic heterocycles. The molecule has 2 heteroatoms. The molecule has 0 radical (unpaired) electrons. The van der Waals surface area contributed by atoms with Crippen LogP contribution >= 0.6 is 0 Å². The minimum absolute atomic E-state index is 0.141. The van der Waals surface area contributed by atoms with Gasteiger partial charge in [-0.15, -0.1) is 0 Å². The number of hydrogen-bond donors (Lipinski definition) is 0. The van der Waals surface area contributed by atoms with Gasteiger partial charge in [0.2, 0.25) is 0 Å². The maximum atomic E-state index is 11.5. The molecule has 1 rings (SSSR count). The molecule has 0 amide bonds. The number of nitrogens with zero attached hydrogens (tertiary/aromatic N) is 1. The smallest absolute Gasteiger partial charge is 0.161 e. The highest BCUT2D eigenvalue weighted by Crippen LogP contribution is 2.15. The summed E-state index contributed by atoms with van der Waals surface area (Å²) in [6.45, 7) is 5.73. The highest BCUT2D eigenvalue weighted by Gasteiger charge is 2.17. The summed E-state index contributed by atoms with van der Waals surface area (Å²) in [4.78, 5) is 15.5. The van der Waals surface area contributed by atoms with Crippen molar-refractivity contribution in [3.05, 3.63) is 24.4 Å². The minimum Gasteiger partial charge on any atom is -0.294 e. The summed E-state index contributed by atoms with van der Waals surface area (Å²) < 4.78 is 0.